The van der Waals surface area contributed by atoms with Crippen molar-refractivity contribution in [2.24, 2.45) is 0 Å². The van der Waals surface area contributed by atoms with Gasteiger partial charge in [-0.15, -0.1) is 0 Å². The van der Waals surface area contributed by atoms with Crippen LogP contribution >= 0.6 is 15.9 Å². The third-order valence-corrected chi connectivity index (χ3v) is 11.0. The number of ether oxygens (including phenoxy) is 1. The molecule has 0 aliphatic carbocycles. The van der Waals surface area contributed by atoms with Crippen LogP contribution < -0.4 is 13.1 Å². The lowest BCUT2D eigenvalue weighted by Gasteiger charge is -2.22. The van der Waals surface area contributed by atoms with Crippen LogP contribution in [-0.4, -0.2) is 27.6 Å². The van der Waals surface area contributed by atoms with Crippen LogP contribution in [0.2, 0.25) is 0 Å². The van der Waals surface area contributed by atoms with Crippen molar-refractivity contribution in [3.8, 4) is 17.2 Å². The minimum Gasteiger partial charge on any atom is -0.488 e. The smallest absolute Gasteiger partial charge is 0.339 e. The van der Waals surface area contributed by atoms with Crippen molar-refractivity contribution in [1.82, 2.24) is 4.90 Å². The van der Waals surface area contributed by atoms with Gasteiger partial charge in [0, 0.05) is 29.7 Å². The summed E-state index contributed by atoms with van der Waals surface area (Å²) in [7, 11) is -8.89. The minimum atomic E-state index is -4.51. The summed E-state index contributed by atoms with van der Waals surface area (Å²) >= 11 is 3.55. The van der Waals surface area contributed by atoms with E-state index < -0.39 is 31.9 Å². The van der Waals surface area contributed by atoms with Gasteiger partial charge < -0.3 is 18.0 Å². The first-order chi connectivity index (χ1) is 22.9. The fraction of sp³-hybridized carbons (Fsp3) is 0.139. The van der Waals surface area contributed by atoms with E-state index in [0.717, 1.165) is 38.4 Å². The molecule has 0 saturated heterocycles. The van der Waals surface area contributed by atoms with E-state index in [1.165, 1.54) is 35.2 Å². The monoisotopic (exact) mass is 747 g/mol. The van der Waals surface area contributed by atoms with Gasteiger partial charge in [0.1, 0.15) is 33.5 Å². The molecule has 1 heterocycles. The van der Waals surface area contributed by atoms with Crippen molar-refractivity contribution >= 4 is 42.1 Å². The van der Waals surface area contributed by atoms with E-state index in [-0.39, 0.29) is 46.5 Å². The van der Waals surface area contributed by atoms with Crippen LogP contribution in [0, 0.1) is 13.8 Å². The second kappa shape index (κ2) is 13.5. The molecule has 0 aromatic heterocycles. The summed E-state index contributed by atoms with van der Waals surface area (Å²) in [5.74, 6) is -1.46. The Labute approximate surface area is 288 Å². The van der Waals surface area contributed by atoms with Gasteiger partial charge in [0.05, 0.1) is 0 Å². The largest absolute Gasteiger partial charge is 0.488 e. The number of fused-ring (bicyclic) bond motifs is 1. The molecule has 1 aliphatic rings. The molecule has 0 N–H and O–H groups in total. The zero-order valence-corrected chi connectivity index (χ0v) is 29.1. The number of aryl methyl sites for hydroxylation is 2. The highest BCUT2D eigenvalue weighted by molar-refractivity contribution is 9.10. The van der Waals surface area contributed by atoms with Crippen LogP contribution in [0.5, 0.6) is 17.2 Å². The molecule has 1 aliphatic heterocycles. The van der Waals surface area contributed by atoms with E-state index in [0.29, 0.717) is 0 Å². The molecule has 6 rings (SSSR count). The Morgan fingerprint density at radius 1 is 0.708 bits per heavy atom. The molecule has 5 aromatic carbocycles. The lowest BCUT2D eigenvalue weighted by atomic mass is 10.1. The molecule has 0 bridgehead atoms. The lowest BCUT2D eigenvalue weighted by Crippen LogP contribution is -2.27. The third-order valence-electron chi connectivity index (χ3n) is 7.73. The molecule has 48 heavy (non-hydrogen) atoms. The number of hydrogen-bond donors (Lipinski definition) is 0. The number of carbonyl (C=O) groups excluding carboxylic acids is 1. The highest BCUT2D eigenvalue weighted by Crippen LogP contribution is 2.40. The Morgan fingerprint density at radius 3 is 1.90 bits per heavy atom. The summed E-state index contributed by atoms with van der Waals surface area (Å²) in [5, 5.41) is 0. The molecule has 9 nitrogen and oxygen atoms in total. The van der Waals surface area contributed by atoms with Gasteiger partial charge in [0.15, 0.2) is 5.75 Å². The second-order valence-corrected chi connectivity index (χ2v) is 15.3. The Balaban J connectivity index is 1.47. The number of benzene rings is 5. The SMILES string of the molecule is Cc1ccc(S(=O)(=O)Oc2cc(OCc3ccccc3)c(C(=O)N3Cc4cccc(Br)c4C3)c(OS(=O)(=O)c3ccc(C)cc3)c2)cc1. The molecule has 246 valence electrons. The van der Waals surface area contributed by atoms with Gasteiger partial charge >= 0.3 is 20.2 Å². The third kappa shape index (κ3) is 7.25. The van der Waals surface area contributed by atoms with Gasteiger partial charge in [0.25, 0.3) is 5.91 Å². The summed E-state index contributed by atoms with van der Waals surface area (Å²) in [6.45, 7) is 4.09. The van der Waals surface area contributed by atoms with Gasteiger partial charge in [-0.3, -0.25) is 4.79 Å². The average Bonchev–Trinajstić information content (AvgIpc) is 3.50. The first-order valence-corrected chi connectivity index (χ1v) is 18.4. The lowest BCUT2D eigenvalue weighted by molar-refractivity contribution is 0.0744. The quantitative estimate of drug-likeness (QED) is 0.136. The maximum atomic E-state index is 14.4. The fourth-order valence-electron chi connectivity index (χ4n) is 5.17. The molecule has 12 heteroatoms. The number of carbonyl (C=O) groups is 1. The predicted molar refractivity (Wildman–Crippen MR) is 183 cm³/mol. The number of amides is 1. The molecule has 0 saturated carbocycles. The number of hydrogen-bond acceptors (Lipinski definition) is 8. The second-order valence-electron chi connectivity index (χ2n) is 11.3. The summed E-state index contributed by atoms with van der Waals surface area (Å²) in [5.41, 5.74) is 4.06. The highest BCUT2D eigenvalue weighted by Gasteiger charge is 2.33. The predicted octanol–water partition coefficient (Wildman–Crippen LogP) is 7.34. The van der Waals surface area contributed by atoms with Crippen LogP contribution in [-0.2, 0) is 39.9 Å². The van der Waals surface area contributed by atoms with Crippen molar-refractivity contribution in [2.75, 3.05) is 0 Å². The number of rotatable bonds is 10. The van der Waals surface area contributed by atoms with Crippen molar-refractivity contribution < 1.29 is 34.7 Å². The first-order valence-electron chi connectivity index (χ1n) is 14.8. The van der Waals surface area contributed by atoms with Crippen LogP contribution in [0.3, 0.4) is 0 Å². The van der Waals surface area contributed by atoms with Crippen LogP contribution in [0.4, 0.5) is 0 Å². The summed E-state index contributed by atoms with van der Waals surface area (Å²) in [6, 6.07) is 29.2. The molecular formula is C36H30BrNO8S2. The van der Waals surface area contributed by atoms with E-state index >= 15 is 0 Å². The molecule has 5 aromatic rings. The van der Waals surface area contributed by atoms with Gasteiger partial charge in [-0.2, -0.15) is 16.8 Å². The Hall–Kier alpha value is -4.65. The van der Waals surface area contributed by atoms with Crippen LogP contribution in [0.1, 0.15) is 38.2 Å². The molecule has 0 spiro atoms. The van der Waals surface area contributed by atoms with Gasteiger partial charge in [0.2, 0.25) is 0 Å². The van der Waals surface area contributed by atoms with Crippen molar-refractivity contribution in [1.29, 1.82) is 0 Å². The minimum absolute atomic E-state index is 0.0226. The average molecular weight is 749 g/mol. The molecule has 0 unspecified atom stereocenters. The van der Waals surface area contributed by atoms with Gasteiger partial charge in [-0.1, -0.05) is 93.8 Å². The van der Waals surface area contributed by atoms with E-state index in [4.69, 9.17) is 13.1 Å². The molecule has 0 atom stereocenters. The van der Waals surface area contributed by atoms with Crippen molar-refractivity contribution in [3.63, 3.8) is 0 Å². The van der Waals surface area contributed by atoms with Gasteiger partial charge in [-0.25, -0.2) is 0 Å². The van der Waals surface area contributed by atoms with Crippen LogP contribution in [0.25, 0.3) is 0 Å². The van der Waals surface area contributed by atoms with E-state index in [1.54, 1.807) is 24.3 Å². The molecule has 0 fully saturated rings. The zero-order valence-electron chi connectivity index (χ0n) is 25.9. The Kier molecular flexibility index (Phi) is 9.33. The van der Waals surface area contributed by atoms with E-state index in [1.807, 2.05) is 62.4 Å². The normalized spacial score (nSPS) is 12.8. The Morgan fingerprint density at radius 2 is 1.29 bits per heavy atom. The molecular weight excluding hydrogens is 718 g/mol. The first kappa shape index (κ1) is 33.3. The maximum Gasteiger partial charge on any atom is 0.339 e. The van der Waals surface area contributed by atoms with E-state index in [2.05, 4.69) is 15.9 Å². The molecule has 1 amide bonds. The summed E-state index contributed by atoms with van der Waals surface area (Å²) < 4.78 is 72.1. The number of halogens is 1. The summed E-state index contributed by atoms with van der Waals surface area (Å²) in [4.78, 5) is 15.7. The summed E-state index contributed by atoms with van der Waals surface area (Å²) in [6.07, 6.45) is 0. The van der Waals surface area contributed by atoms with Crippen LogP contribution in [0.15, 0.2) is 123 Å². The Bertz CT molecular complexity index is 2210. The highest BCUT2D eigenvalue weighted by atomic mass is 79.9. The van der Waals surface area contributed by atoms with Gasteiger partial charge in [-0.05, 0) is 60.9 Å². The maximum absolute atomic E-state index is 14.4. The van der Waals surface area contributed by atoms with E-state index in [9.17, 15) is 21.6 Å². The zero-order chi connectivity index (χ0) is 34.1. The topological polar surface area (TPSA) is 116 Å². The van der Waals surface area contributed by atoms with Crippen molar-refractivity contribution in [2.45, 2.75) is 43.3 Å². The molecule has 0 radical (unpaired) electrons. The standard InChI is InChI=1S/C36H30BrNO8S2/c1-24-11-15-29(16-12-24)47(40,41)45-28-19-33(44-23-26-7-4-3-5-8-26)35(36(39)38-21-27-9-6-10-32(37)31(27)22-38)34(20-28)46-48(42,43)30-17-13-25(2)14-18-30/h3-20H,21-23H2,1-2H3. The van der Waals surface area contributed by atoms with Crippen molar-refractivity contribution in [3.05, 3.63) is 147 Å². The number of nitrogens with zero attached hydrogens (tertiary/aromatic N) is 1. The fourth-order valence-corrected chi connectivity index (χ4v) is 7.55.